The van der Waals surface area contributed by atoms with Crippen LogP contribution in [0.3, 0.4) is 0 Å². The summed E-state index contributed by atoms with van der Waals surface area (Å²) in [5.74, 6) is -2.32. The number of rotatable bonds is 5. The van der Waals surface area contributed by atoms with Crippen molar-refractivity contribution in [1.29, 1.82) is 0 Å². The monoisotopic (exact) mass is 343 g/mol. The first-order valence-corrected chi connectivity index (χ1v) is 7.26. The fourth-order valence-electron chi connectivity index (χ4n) is 2.07. The number of carboxylic acid groups (broad SMARTS) is 1. The minimum Gasteiger partial charge on any atom is -0.475 e. The van der Waals surface area contributed by atoms with E-state index in [4.69, 9.17) is 15.6 Å². The van der Waals surface area contributed by atoms with E-state index in [1.807, 2.05) is 6.92 Å². The second kappa shape index (κ2) is 10.4. The maximum absolute atomic E-state index is 11.5. The Bertz CT molecular complexity index is 374. The van der Waals surface area contributed by atoms with E-state index in [1.165, 1.54) is 0 Å². The van der Waals surface area contributed by atoms with Crippen molar-refractivity contribution in [3.8, 4) is 0 Å². The third-order valence-corrected chi connectivity index (χ3v) is 3.42. The molecule has 1 amide bonds. The zero-order chi connectivity index (χ0) is 18.0. The first kappa shape index (κ1) is 21.6. The van der Waals surface area contributed by atoms with Crippen molar-refractivity contribution in [2.45, 2.75) is 44.5 Å². The first-order valence-electron chi connectivity index (χ1n) is 7.26. The number of halogens is 3. The van der Waals surface area contributed by atoms with Crippen molar-refractivity contribution in [3.05, 3.63) is 0 Å². The summed E-state index contributed by atoms with van der Waals surface area (Å²) in [5.41, 5.74) is 5.26. The summed E-state index contributed by atoms with van der Waals surface area (Å²) < 4.78 is 31.7. The zero-order valence-corrected chi connectivity index (χ0v) is 12.9. The average molecular weight is 343 g/mol. The summed E-state index contributed by atoms with van der Waals surface area (Å²) in [6, 6.07) is 0.180. The molecule has 1 fully saturated rings. The molecule has 1 unspecified atom stereocenters. The van der Waals surface area contributed by atoms with Gasteiger partial charge in [-0.05, 0) is 38.8 Å². The van der Waals surface area contributed by atoms with Crippen LogP contribution in [0.15, 0.2) is 0 Å². The molecule has 1 heterocycles. The minimum atomic E-state index is -5.08. The fraction of sp³-hybridized carbons (Fsp3) is 0.846. The first-order chi connectivity index (χ1) is 10.6. The summed E-state index contributed by atoms with van der Waals surface area (Å²) in [6.07, 6.45) is -3.51. The Hall–Kier alpha value is -1.39. The number of piperidine rings is 1. The molecule has 0 aromatic rings. The molecular weight excluding hydrogens is 319 g/mol. The molecule has 2 atom stereocenters. The quantitative estimate of drug-likeness (QED) is 0.472. The lowest BCUT2D eigenvalue weighted by atomic mass is 9.91. The Morgan fingerprint density at radius 1 is 1.35 bits per heavy atom. The minimum absolute atomic E-state index is 0.103. The van der Waals surface area contributed by atoms with Crippen LogP contribution < -0.4 is 16.4 Å². The summed E-state index contributed by atoms with van der Waals surface area (Å²) in [5, 5.41) is 22.6. The Balaban J connectivity index is 0.000000585. The van der Waals surface area contributed by atoms with E-state index < -0.39 is 18.2 Å². The van der Waals surface area contributed by atoms with Crippen LogP contribution in [0.5, 0.6) is 0 Å². The third-order valence-electron chi connectivity index (χ3n) is 3.42. The Labute approximate surface area is 132 Å². The molecule has 0 aromatic heterocycles. The van der Waals surface area contributed by atoms with Crippen molar-refractivity contribution in [1.82, 2.24) is 10.6 Å². The summed E-state index contributed by atoms with van der Waals surface area (Å²) >= 11 is 0. The van der Waals surface area contributed by atoms with Gasteiger partial charge in [-0.15, -0.1) is 0 Å². The van der Waals surface area contributed by atoms with E-state index in [0.717, 1.165) is 25.9 Å². The Morgan fingerprint density at radius 2 is 1.83 bits per heavy atom. The molecule has 10 heteroatoms. The molecule has 0 aromatic carbocycles. The predicted molar refractivity (Wildman–Crippen MR) is 76.6 cm³/mol. The zero-order valence-electron chi connectivity index (χ0n) is 12.9. The van der Waals surface area contributed by atoms with Gasteiger partial charge in [0.1, 0.15) is 0 Å². The van der Waals surface area contributed by atoms with E-state index in [9.17, 15) is 23.1 Å². The number of nitrogens with two attached hydrogens (primary N) is 1. The maximum Gasteiger partial charge on any atom is 0.490 e. The van der Waals surface area contributed by atoms with Crippen LogP contribution in [0.25, 0.3) is 0 Å². The molecule has 0 radical (unpaired) electrons. The number of hydrogen-bond donors (Lipinski definition) is 5. The number of carbonyl (C=O) groups is 2. The van der Waals surface area contributed by atoms with Crippen LogP contribution in [-0.2, 0) is 9.59 Å². The van der Waals surface area contributed by atoms with Gasteiger partial charge in [0.15, 0.2) is 0 Å². The topological polar surface area (TPSA) is 125 Å². The van der Waals surface area contributed by atoms with Crippen molar-refractivity contribution < 1.29 is 33.0 Å². The normalized spacial score (nSPS) is 18.3. The largest absolute Gasteiger partial charge is 0.490 e. The molecule has 0 saturated carbocycles. The maximum atomic E-state index is 11.5. The molecule has 1 aliphatic rings. The highest BCUT2D eigenvalue weighted by atomic mass is 19.4. The second-order valence-electron chi connectivity index (χ2n) is 5.34. The van der Waals surface area contributed by atoms with Crippen molar-refractivity contribution in [2.24, 2.45) is 11.7 Å². The van der Waals surface area contributed by atoms with Gasteiger partial charge in [0, 0.05) is 12.6 Å². The number of carboxylic acids is 1. The van der Waals surface area contributed by atoms with Crippen LogP contribution in [0, 0.1) is 5.92 Å². The Kier molecular flexibility index (Phi) is 9.77. The lowest BCUT2D eigenvalue weighted by Crippen LogP contribution is -2.43. The standard InChI is InChI=1S/C11H23N3O2.C2HF3O2/c1-8(9-2-4-13-5-3-9)14-11(16)6-10(15)7-12;3-2(4,5)1(6)7/h8-10,13,15H,2-7,12H2,1H3,(H,14,16);(H,6,7)/t8-,10?;/m1./s1. The van der Waals surface area contributed by atoms with Crippen LogP contribution in [0.1, 0.15) is 26.2 Å². The van der Waals surface area contributed by atoms with E-state index in [-0.39, 0.29) is 24.9 Å². The molecule has 0 spiro atoms. The number of alkyl halides is 3. The Morgan fingerprint density at radius 3 is 2.22 bits per heavy atom. The van der Waals surface area contributed by atoms with Crippen LogP contribution >= 0.6 is 0 Å². The lowest BCUT2D eigenvalue weighted by molar-refractivity contribution is -0.192. The number of aliphatic carboxylic acids is 1. The van der Waals surface area contributed by atoms with Gasteiger partial charge in [0.25, 0.3) is 0 Å². The van der Waals surface area contributed by atoms with Crippen LogP contribution in [0.4, 0.5) is 13.2 Å². The highest BCUT2D eigenvalue weighted by molar-refractivity contribution is 5.76. The van der Waals surface area contributed by atoms with Gasteiger partial charge in [-0.2, -0.15) is 13.2 Å². The predicted octanol–water partition coefficient (Wildman–Crippen LogP) is -0.166. The van der Waals surface area contributed by atoms with E-state index in [1.54, 1.807) is 0 Å². The average Bonchev–Trinajstić information content (AvgIpc) is 2.47. The van der Waals surface area contributed by atoms with Gasteiger partial charge < -0.3 is 26.6 Å². The highest BCUT2D eigenvalue weighted by Crippen LogP contribution is 2.16. The molecule has 1 saturated heterocycles. The van der Waals surface area contributed by atoms with Gasteiger partial charge in [-0.25, -0.2) is 4.79 Å². The number of carbonyl (C=O) groups excluding carboxylic acids is 1. The van der Waals surface area contributed by atoms with E-state index in [0.29, 0.717) is 5.92 Å². The van der Waals surface area contributed by atoms with Gasteiger partial charge in [-0.3, -0.25) is 4.79 Å². The molecule has 0 aliphatic carbocycles. The molecule has 136 valence electrons. The second-order valence-corrected chi connectivity index (χ2v) is 5.34. The number of amides is 1. The molecule has 23 heavy (non-hydrogen) atoms. The van der Waals surface area contributed by atoms with Crippen molar-refractivity contribution >= 4 is 11.9 Å². The van der Waals surface area contributed by atoms with E-state index >= 15 is 0 Å². The SMILES string of the molecule is C[C@@H](NC(=O)CC(O)CN)C1CCNCC1.O=C(O)C(F)(F)F. The molecule has 1 rings (SSSR count). The molecule has 6 N–H and O–H groups in total. The van der Waals surface area contributed by atoms with Gasteiger partial charge in [0.05, 0.1) is 12.5 Å². The summed E-state index contributed by atoms with van der Waals surface area (Å²) in [4.78, 5) is 20.4. The number of nitrogens with one attached hydrogen (secondary N) is 2. The van der Waals surface area contributed by atoms with Crippen LogP contribution in [0.2, 0.25) is 0 Å². The molecule has 7 nitrogen and oxygen atoms in total. The number of hydrogen-bond acceptors (Lipinski definition) is 5. The smallest absolute Gasteiger partial charge is 0.475 e. The van der Waals surface area contributed by atoms with E-state index in [2.05, 4.69) is 10.6 Å². The lowest BCUT2D eigenvalue weighted by Gasteiger charge is -2.29. The number of aliphatic hydroxyl groups excluding tert-OH is 1. The highest BCUT2D eigenvalue weighted by Gasteiger charge is 2.38. The van der Waals surface area contributed by atoms with Crippen molar-refractivity contribution in [2.75, 3.05) is 19.6 Å². The number of aliphatic hydroxyl groups is 1. The van der Waals surface area contributed by atoms with Crippen molar-refractivity contribution in [3.63, 3.8) is 0 Å². The molecule has 1 aliphatic heterocycles. The van der Waals surface area contributed by atoms with Gasteiger partial charge in [-0.1, -0.05) is 0 Å². The summed E-state index contributed by atoms with van der Waals surface area (Å²) in [7, 11) is 0. The molecular formula is C13H24F3N3O4. The summed E-state index contributed by atoms with van der Waals surface area (Å²) in [6.45, 7) is 4.21. The third kappa shape index (κ3) is 10.1. The van der Waals surface area contributed by atoms with Gasteiger partial charge in [0.2, 0.25) is 5.91 Å². The molecule has 0 bridgehead atoms. The van der Waals surface area contributed by atoms with Gasteiger partial charge >= 0.3 is 12.1 Å². The van der Waals surface area contributed by atoms with Crippen LogP contribution in [-0.4, -0.2) is 60.0 Å². The fourth-order valence-corrected chi connectivity index (χ4v) is 2.07.